The number of nitro benzene ring substituents is 1. The summed E-state index contributed by atoms with van der Waals surface area (Å²) in [5.74, 6) is -3.17. The Bertz CT molecular complexity index is 512. The van der Waals surface area contributed by atoms with E-state index in [0.29, 0.717) is 12.1 Å². The van der Waals surface area contributed by atoms with Crippen molar-refractivity contribution < 1.29 is 18.5 Å². The van der Waals surface area contributed by atoms with Crippen LogP contribution >= 0.6 is 0 Å². The number of nitrogens with zero attached hydrogens (tertiary/aromatic N) is 1. The van der Waals surface area contributed by atoms with Crippen LogP contribution in [0.2, 0.25) is 0 Å². The minimum absolute atomic E-state index is 0.437. The highest BCUT2D eigenvalue weighted by Gasteiger charge is 2.27. The average Bonchev–Trinajstić information content (AvgIpc) is 2.19. The molecule has 0 atom stereocenters. The molecule has 8 heteroatoms. The predicted octanol–water partition coefficient (Wildman–Crippen LogP) is 1.55. The van der Waals surface area contributed by atoms with E-state index in [-0.39, 0.29) is 0 Å². The summed E-state index contributed by atoms with van der Waals surface area (Å²) in [4.78, 5) is 21.2. The highest BCUT2D eigenvalue weighted by molar-refractivity contribution is 5.99. The summed E-state index contributed by atoms with van der Waals surface area (Å²) in [5, 5.41) is 12.6. The van der Waals surface area contributed by atoms with Crippen molar-refractivity contribution in [3.63, 3.8) is 0 Å². The first-order valence-electron chi connectivity index (χ1n) is 4.86. The number of carbonyl (C=O) groups is 1. The van der Waals surface area contributed by atoms with E-state index in [4.69, 9.17) is 5.73 Å². The largest absolute Gasteiger partial charge is 0.318 e. The summed E-state index contributed by atoms with van der Waals surface area (Å²) < 4.78 is 26.3. The molecule has 0 bridgehead atoms. The van der Waals surface area contributed by atoms with Gasteiger partial charge in [-0.3, -0.25) is 14.9 Å². The Morgan fingerprint density at radius 3 is 2.44 bits per heavy atom. The van der Waals surface area contributed by atoms with Crippen molar-refractivity contribution in [1.82, 2.24) is 0 Å². The molecule has 0 unspecified atom stereocenters. The molecule has 0 saturated carbocycles. The number of amides is 1. The van der Waals surface area contributed by atoms with Crippen molar-refractivity contribution in [1.29, 1.82) is 0 Å². The average molecular weight is 259 g/mol. The van der Waals surface area contributed by atoms with E-state index in [2.05, 4.69) is 0 Å². The van der Waals surface area contributed by atoms with Crippen LogP contribution in [0.3, 0.4) is 0 Å². The minimum atomic E-state index is -1.35. The van der Waals surface area contributed by atoms with Gasteiger partial charge in [-0.05, 0) is 13.8 Å². The zero-order chi connectivity index (χ0) is 14.1. The van der Waals surface area contributed by atoms with E-state index in [1.807, 2.05) is 5.32 Å². The van der Waals surface area contributed by atoms with Crippen LogP contribution in [0.15, 0.2) is 12.1 Å². The van der Waals surface area contributed by atoms with Crippen LogP contribution in [0.25, 0.3) is 0 Å². The Labute approximate surface area is 101 Å². The normalized spacial score (nSPS) is 11.2. The molecular weight excluding hydrogens is 248 g/mol. The molecule has 1 aromatic carbocycles. The molecule has 0 spiro atoms. The number of nitro groups is 1. The fourth-order valence-electron chi connectivity index (χ4n) is 1.10. The maximum absolute atomic E-state index is 13.4. The number of nitrogens with two attached hydrogens (primary N) is 1. The van der Waals surface area contributed by atoms with Crippen molar-refractivity contribution in [3.05, 3.63) is 33.9 Å². The van der Waals surface area contributed by atoms with E-state index in [9.17, 15) is 23.7 Å². The van der Waals surface area contributed by atoms with Crippen molar-refractivity contribution in [2.24, 2.45) is 5.73 Å². The maximum atomic E-state index is 13.4. The van der Waals surface area contributed by atoms with Crippen LogP contribution in [-0.4, -0.2) is 16.4 Å². The van der Waals surface area contributed by atoms with Crippen LogP contribution in [0.4, 0.5) is 20.2 Å². The van der Waals surface area contributed by atoms with Crippen molar-refractivity contribution in [3.8, 4) is 0 Å². The van der Waals surface area contributed by atoms with Crippen LogP contribution in [0.1, 0.15) is 13.8 Å². The SMILES string of the molecule is CC(C)(N)C(=O)Nc1c(F)cc(F)cc1[N+](=O)[O-]. The third-order valence-electron chi connectivity index (χ3n) is 2.05. The summed E-state index contributed by atoms with van der Waals surface area (Å²) >= 11 is 0. The smallest absolute Gasteiger partial charge is 0.298 e. The molecule has 0 radical (unpaired) electrons. The molecule has 0 aliphatic carbocycles. The number of carbonyl (C=O) groups excluding carboxylic acids is 1. The van der Waals surface area contributed by atoms with Gasteiger partial charge in [0.1, 0.15) is 5.82 Å². The van der Waals surface area contributed by atoms with Gasteiger partial charge in [0, 0.05) is 6.07 Å². The summed E-state index contributed by atoms with van der Waals surface area (Å²) in [7, 11) is 0. The van der Waals surface area contributed by atoms with Gasteiger partial charge in [-0.15, -0.1) is 0 Å². The van der Waals surface area contributed by atoms with E-state index in [0.717, 1.165) is 0 Å². The molecule has 0 aliphatic rings. The molecule has 1 amide bonds. The molecule has 0 aliphatic heterocycles. The first-order valence-corrected chi connectivity index (χ1v) is 4.86. The Balaban J connectivity index is 3.24. The molecule has 0 aromatic heterocycles. The van der Waals surface area contributed by atoms with Gasteiger partial charge >= 0.3 is 0 Å². The van der Waals surface area contributed by atoms with Gasteiger partial charge in [0.2, 0.25) is 5.91 Å². The zero-order valence-corrected chi connectivity index (χ0v) is 9.66. The van der Waals surface area contributed by atoms with Gasteiger partial charge in [0.05, 0.1) is 16.5 Å². The fraction of sp³-hybridized carbons (Fsp3) is 0.300. The van der Waals surface area contributed by atoms with Gasteiger partial charge in [0.15, 0.2) is 11.5 Å². The van der Waals surface area contributed by atoms with Crippen LogP contribution < -0.4 is 11.1 Å². The molecule has 98 valence electrons. The Morgan fingerprint density at radius 2 is 2.00 bits per heavy atom. The lowest BCUT2D eigenvalue weighted by Crippen LogP contribution is -2.45. The second-order valence-electron chi connectivity index (χ2n) is 4.21. The Hall–Kier alpha value is -2.09. The van der Waals surface area contributed by atoms with Gasteiger partial charge in [-0.1, -0.05) is 0 Å². The maximum Gasteiger partial charge on any atom is 0.298 e. The van der Waals surface area contributed by atoms with E-state index < -0.39 is 39.4 Å². The molecule has 0 heterocycles. The van der Waals surface area contributed by atoms with Crippen LogP contribution in [0.5, 0.6) is 0 Å². The number of hydrogen-bond acceptors (Lipinski definition) is 4. The molecule has 1 aromatic rings. The fourth-order valence-corrected chi connectivity index (χ4v) is 1.10. The molecule has 6 nitrogen and oxygen atoms in total. The Morgan fingerprint density at radius 1 is 1.44 bits per heavy atom. The van der Waals surface area contributed by atoms with Crippen LogP contribution in [0, 0.1) is 21.7 Å². The topological polar surface area (TPSA) is 98.3 Å². The third kappa shape index (κ3) is 2.98. The second kappa shape index (κ2) is 4.65. The highest BCUT2D eigenvalue weighted by atomic mass is 19.1. The summed E-state index contributed by atoms with van der Waals surface area (Å²) in [6, 6.07) is 0.953. The minimum Gasteiger partial charge on any atom is -0.318 e. The highest BCUT2D eigenvalue weighted by Crippen LogP contribution is 2.29. The van der Waals surface area contributed by atoms with E-state index in [1.165, 1.54) is 13.8 Å². The summed E-state index contributed by atoms with van der Waals surface area (Å²) in [6.07, 6.45) is 0. The molecular formula is C10H11F2N3O3. The van der Waals surface area contributed by atoms with E-state index >= 15 is 0 Å². The molecule has 0 saturated heterocycles. The summed E-state index contributed by atoms with van der Waals surface area (Å²) in [5.41, 5.74) is 2.53. The van der Waals surface area contributed by atoms with Crippen molar-refractivity contribution in [2.75, 3.05) is 5.32 Å². The third-order valence-corrected chi connectivity index (χ3v) is 2.05. The number of benzene rings is 1. The second-order valence-corrected chi connectivity index (χ2v) is 4.21. The monoisotopic (exact) mass is 259 g/mol. The number of nitrogens with one attached hydrogen (secondary N) is 1. The van der Waals surface area contributed by atoms with Crippen molar-refractivity contribution >= 4 is 17.3 Å². The summed E-state index contributed by atoms with van der Waals surface area (Å²) in [6.45, 7) is 2.69. The van der Waals surface area contributed by atoms with Crippen LogP contribution in [-0.2, 0) is 4.79 Å². The lowest BCUT2D eigenvalue weighted by Gasteiger charge is -2.17. The molecule has 0 fully saturated rings. The number of hydrogen-bond donors (Lipinski definition) is 2. The van der Waals surface area contributed by atoms with Gasteiger partial charge < -0.3 is 11.1 Å². The molecule has 18 heavy (non-hydrogen) atoms. The van der Waals surface area contributed by atoms with E-state index in [1.54, 1.807) is 0 Å². The van der Waals surface area contributed by atoms with Gasteiger partial charge in [-0.25, -0.2) is 8.78 Å². The lowest BCUT2D eigenvalue weighted by atomic mass is 10.1. The lowest BCUT2D eigenvalue weighted by molar-refractivity contribution is -0.384. The standard InChI is InChI=1S/C10H11F2N3O3/c1-10(2,13)9(16)14-8-6(12)3-5(11)4-7(8)15(17)18/h3-4H,13H2,1-2H3,(H,14,16). The number of rotatable bonds is 3. The molecule has 1 rings (SSSR count). The number of halogens is 2. The Kier molecular flexibility index (Phi) is 3.61. The first-order chi connectivity index (χ1) is 8.12. The predicted molar refractivity (Wildman–Crippen MR) is 59.9 cm³/mol. The van der Waals surface area contributed by atoms with Gasteiger partial charge in [0.25, 0.3) is 5.69 Å². The quantitative estimate of drug-likeness (QED) is 0.635. The van der Waals surface area contributed by atoms with Crippen molar-refractivity contribution in [2.45, 2.75) is 19.4 Å². The first kappa shape index (κ1) is 14.0. The molecule has 3 N–H and O–H groups in total. The zero-order valence-electron chi connectivity index (χ0n) is 9.66. The van der Waals surface area contributed by atoms with Gasteiger partial charge in [-0.2, -0.15) is 0 Å². The number of anilines is 1.